The lowest BCUT2D eigenvalue weighted by Gasteiger charge is -2.65. The van der Waals surface area contributed by atoms with Gasteiger partial charge in [0.1, 0.15) is 23.6 Å². The number of hydrogen-bond donors (Lipinski definition) is 3. The van der Waals surface area contributed by atoms with Crippen LogP contribution in [0.15, 0.2) is 11.6 Å². The van der Waals surface area contributed by atoms with E-state index in [9.17, 15) is 29.7 Å². The zero-order chi connectivity index (χ0) is 19.4. The summed E-state index contributed by atoms with van der Waals surface area (Å²) in [5.74, 6) is -3.62. The first-order valence-electron chi connectivity index (χ1n) is 8.97. The number of carbonyl (C=O) groups excluding carboxylic acids is 3. The van der Waals surface area contributed by atoms with Gasteiger partial charge < -0.3 is 20.1 Å². The average molecular weight is 364 g/mol. The third kappa shape index (κ3) is 1.59. The molecule has 1 aliphatic heterocycles. The van der Waals surface area contributed by atoms with Crippen molar-refractivity contribution in [3.63, 3.8) is 0 Å². The Labute approximate surface area is 151 Å². The fourth-order valence-corrected chi connectivity index (χ4v) is 6.49. The van der Waals surface area contributed by atoms with E-state index in [1.807, 2.05) is 0 Å². The third-order valence-electron chi connectivity index (χ3n) is 7.92. The molecule has 0 unspecified atom stereocenters. The number of carbonyl (C=O) groups is 3. The SMILES string of the molecule is CC1=CC(=O)[C@@H](O)[C@]2(C)[C@H]3[C@@H](O)[C@@H]4OC(=O)[C@@H]([C@H]4C)[C@]3(C)C(=O)C[C@@]12O. The Morgan fingerprint density at radius 2 is 1.81 bits per heavy atom. The van der Waals surface area contributed by atoms with Crippen LogP contribution in [-0.2, 0) is 19.1 Å². The van der Waals surface area contributed by atoms with Crippen molar-refractivity contribution in [1.82, 2.24) is 0 Å². The largest absolute Gasteiger partial charge is 0.459 e. The number of ether oxygens (including phenoxy) is 1. The number of ketones is 2. The van der Waals surface area contributed by atoms with Crippen molar-refractivity contribution in [3.05, 3.63) is 11.6 Å². The molecule has 2 saturated carbocycles. The molecule has 0 spiro atoms. The number of esters is 1. The summed E-state index contributed by atoms with van der Waals surface area (Å²) in [6, 6.07) is 0. The molecule has 0 aromatic heterocycles. The van der Waals surface area contributed by atoms with Crippen molar-refractivity contribution >= 4 is 17.5 Å². The van der Waals surface area contributed by atoms with E-state index < -0.39 is 58.3 Å². The number of aliphatic hydroxyl groups excluding tert-OH is 2. The molecule has 0 amide bonds. The van der Waals surface area contributed by atoms with E-state index in [1.165, 1.54) is 6.92 Å². The second-order valence-electron chi connectivity index (χ2n) is 8.86. The van der Waals surface area contributed by atoms with E-state index in [2.05, 4.69) is 0 Å². The Kier molecular flexibility index (Phi) is 3.31. The molecule has 4 aliphatic rings. The monoisotopic (exact) mass is 364 g/mol. The van der Waals surface area contributed by atoms with Gasteiger partial charge in [-0.05, 0) is 18.6 Å². The minimum absolute atomic E-state index is 0.288. The molecule has 3 aliphatic carbocycles. The van der Waals surface area contributed by atoms with Crippen molar-refractivity contribution in [3.8, 4) is 0 Å². The lowest BCUT2D eigenvalue weighted by molar-refractivity contribution is -0.245. The molecule has 142 valence electrons. The Morgan fingerprint density at radius 3 is 2.42 bits per heavy atom. The first-order valence-corrected chi connectivity index (χ1v) is 8.97. The lowest BCUT2D eigenvalue weighted by atomic mass is 9.38. The van der Waals surface area contributed by atoms with Gasteiger partial charge >= 0.3 is 5.97 Å². The maximum atomic E-state index is 13.2. The highest BCUT2D eigenvalue weighted by molar-refractivity contribution is 6.00. The molecule has 2 bridgehead atoms. The van der Waals surface area contributed by atoms with Gasteiger partial charge in [0, 0.05) is 29.1 Å². The van der Waals surface area contributed by atoms with Crippen LogP contribution in [0.1, 0.15) is 34.1 Å². The van der Waals surface area contributed by atoms with E-state index in [0.29, 0.717) is 0 Å². The fourth-order valence-electron chi connectivity index (χ4n) is 6.49. The number of Topliss-reactive ketones (excluding diaryl/α,β-unsaturated/α-hetero) is 1. The summed E-state index contributed by atoms with van der Waals surface area (Å²) in [6.07, 6.45) is -2.85. The molecular formula is C19H24O7. The standard InChI is InChI=1S/C19H24O7/c1-7-5-9(20)15(23)18(4)14-12(22)13-8(2)11(16(24)26-13)17(14,3)10(21)6-19(7,18)25/h5,8,11-15,22-23,25H,6H2,1-4H3/t8-,11-,12+,13-,14+,15-,17+,18+,19-/m1/s1. The van der Waals surface area contributed by atoms with Crippen molar-refractivity contribution in [2.24, 2.45) is 28.6 Å². The minimum atomic E-state index is -1.77. The molecule has 3 N–H and O–H groups in total. The smallest absolute Gasteiger partial charge is 0.310 e. The van der Waals surface area contributed by atoms with Crippen molar-refractivity contribution in [1.29, 1.82) is 0 Å². The second kappa shape index (κ2) is 4.82. The van der Waals surface area contributed by atoms with E-state index >= 15 is 0 Å². The van der Waals surface area contributed by atoms with E-state index in [0.717, 1.165) is 6.08 Å². The molecule has 9 atom stereocenters. The molecule has 3 fully saturated rings. The molecule has 4 rings (SSSR count). The number of fused-ring (bicyclic) bond motifs is 6. The predicted octanol–water partition coefficient (Wildman–Crippen LogP) is -0.239. The van der Waals surface area contributed by atoms with Crippen LogP contribution < -0.4 is 0 Å². The lowest BCUT2D eigenvalue weighted by Crippen LogP contribution is -2.75. The van der Waals surface area contributed by atoms with Gasteiger partial charge in [-0.25, -0.2) is 0 Å². The van der Waals surface area contributed by atoms with Gasteiger partial charge in [-0.3, -0.25) is 14.4 Å². The van der Waals surface area contributed by atoms with Gasteiger partial charge in [0.05, 0.1) is 12.0 Å². The van der Waals surface area contributed by atoms with Crippen LogP contribution in [-0.4, -0.2) is 56.8 Å². The normalized spacial score (nSPS) is 55.8. The van der Waals surface area contributed by atoms with E-state index in [1.54, 1.807) is 20.8 Å². The molecule has 0 radical (unpaired) electrons. The van der Waals surface area contributed by atoms with Crippen LogP contribution >= 0.6 is 0 Å². The van der Waals surface area contributed by atoms with Crippen molar-refractivity contribution < 1.29 is 34.4 Å². The van der Waals surface area contributed by atoms with Crippen LogP contribution in [0.3, 0.4) is 0 Å². The van der Waals surface area contributed by atoms with E-state index in [-0.39, 0.29) is 23.7 Å². The van der Waals surface area contributed by atoms with Crippen LogP contribution in [0.5, 0.6) is 0 Å². The Morgan fingerprint density at radius 1 is 1.19 bits per heavy atom. The Hall–Kier alpha value is -1.57. The first kappa shape index (κ1) is 17.8. The van der Waals surface area contributed by atoms with Crippen molar-refractivity contribution in [2.75, 3.05) is 0 Å². The third-order valence-corrected chi connectivity index (χ3v) is 7.92. The Balaban J connectivity index is 2.01. The molecule has 26 heavy (non-hydrogen) atoms. The number of aliphatic hydroxyl groups is 3. The minimum Gasteiger partial charge on any atom is -0.459 e. The van der Waals surface area contributed by atoms with Gasteiger partial charge in [0.25, 0.3) is 0 Å². The van der Waals surface area contributed by atoms with Crippen LogP contribution in [0.2, 0.25) is 0 Å². The van der Waals surface area contributed by atoms with Crippen LogP contribution in [0.25, 0.3) is 0 Å². The maximum Gasteiger partial charge on any atom is 0.310 e. The summed E-state index contributed by atoms with van der Waals surface area (Å²) in [5.41, 5.74) is -4.33. The molecular weight excluding hydrogens is 340 g/mol. The molecule has 7 nitrogen and oxygen atoms in total. The number of rotatable bonds is 0. The highest BCUT2D eigenvalue weighted by Gasteiger charge is 2.78. The van der Waals surface area contributed by atoms with E-state index in [4.69, 9.17) is 4.74 Å². The quantitative estimate of drug-likeness (QED) is 0.507. The summed E-state index contributed by atoms with van der Waals surface area (Å²) in [6.45, 7) is 6.44. The average Bonchev–Trinajstić information content (AvgIpc) is 2.80. The van der Waals surface area contributed by atoms with Gasteiger partial charge in [0.15, 0.2) is 5.78 Å². The summed E-state index contributed by atoms with van der Waals surface area (Å²) in [4.78, 5) is 38.1. The van der Waals surface area contributed by atoms with Gasteiger partial charge in [-0.15, -0.1) is 0 Å². The summed E-state index contributed by atoms with van der Waals surface area (Å²) < 4.78 is 5.36. The predicted molar refractivity (Wildman–Crippen MR) is 87.6 cm³/mol. The molecule has 0 aromatic rings. The molecule has 7 heteroatoms. The first-order chi connectivity index (χ1) is 11.9. The summed E-state index contributed by atoms with van der Waals surface area (Å²) in [5, 5.41) is 33.3. The van der Waals surface area contributed by atoms with Gasteiger partial charge in [-0.2, -0.15) is 0 Å². The highest BCUT2D eigenvalue weighted by Crippen LogP contribution is 2.67. The summed E-state index contributed by atoms with van der Waals surface area (Å²) >= 11 is 0. The van der Waals surface area contributed by atoms with Gasteiger partial charge in [-0.1, -0.05) is 20.8 Å². The topological polar surface area (TPSA) is 121 Å². The summed E-state index contributed by atoms with van der Waals surface area (Å²) in [7, 11) is 0. The maximum absolute atomic E-state index is 13.2. The fraction of sp³-hybridized carbons (Fsp3) is 0.737. The second-order valence-corrected chi connectivity index (χ2v) is 8.86. The van der Waals surface area contributed by atoms with Crippen LogP contribution in [0, 0.1) is 28.6 Å². The molecule has 1 heterocycles. The van der Waals surface area contributed by atoms with Gasteiger partial charge in [0.2, 0.25) is 0 Å². The van der Waals surface area contributed by atoms with Crippen LogP contribution in [0.4, 0.5) is 0 Å². The zero-order valence-corrected chi connectivity index (χ0v) is 15.2. The number of hydrogen-bond acceptors (Lipinski definition) is 7. The van der Waals surface area contributed by atoms with Crippen molar-refractivity contribution in [2.45, 2.75) is 58.0 Å². The molecule has 1 saturated heterocycles. The zero-order valence-electron chi connectivity index (χ0n) is 15.2. The molecule has 0 aromatic carbocycles. The highest BCUT2D eigenvalue weighted by atomic mass is 16.6. The Bertz CT molecular complexity index is 772.